The molecule has 6 rings (SSSR count). The summed E-state index contributed by atoms with van der Waals surface area (Å²) in [5, 5.41) is 5.52. The monoisotopic (exact) mass is 783 g/mol. The lowest BCUT2D eigenvalue weighted by Gasteiger charge is -2.30. The number of halogens is 1. The van der Waals surface area contributed by atoms with Crippen molar-refractivity contribution in [2.45, 2.75) is 133 Å². The fourth-order valence-corrected chi connectivity index (χ4v) is 9.16. The Morgan fingerprint density at radius 1 is 0.964 bits per heavy atom. The van der Waals surface area contributed by atoms with Crippen LogP contribution in [0.5, 0.6) is 0 Å². The number of benzene rings is 2. The number of nitrogens with one attached hydrogen (secondary N) is 3. The summed E-state index contributed by atoms with van der Waals surface area (Å²) in [5.41, 5.74) is -0.930. The minimum Gasteiger partial charge on any atom is -0.444 e. The van der Waals surface area contributed by atoms with Gasteiger partial charge in [0.25, 0.3) is 15.9 Å². The topological polar surface area (TPSA) is 181 Å². The Kier molecular flexibility index (Phi) is 11.5. The first kappa shape index (κ1) is 39.9. The molecule has 0 radical (unpaired) electrons. The molecule has 0 aromatic heterocycles. The Morgan fingerprint density at radius 2 is 1.67 bits per heavy atom. The van der Waals surface area contributed by atoms with E-state index in [0.29, 0.717) is 29.5 Å². The molecule has 1 saturated carbocycles. The molecule has 298 valence electrons. The molecule has 0 spiro atoms. The number of aryl methyl sites for hydroxylation is 1. The van der Waals surface area contributed by atoms with Gasteiger partial charge >= 0.3 is 12.2 Å². The molecule has 2 aromatic rings. The number of fused-ring (bicyclic) bond motifs is 3. The summed E-state index contributed by atoms with van der Waals surface area (Å²) >= 11 is 0. The van der Waals surface area contributed by atoms with Crippen molar-refractivity contribution >= 4 is 39.9 Å². The summed E-state index contributed by atoms with van der Waals surface area (Å²) in [6.45, 7) is 6.62. The quantitative estimate of drug-likeness (QED) is 0.392. The average molecular weight is 784 g/mol. The molecule has 3 fully saturated rings. The molecule has 5 atom stereocenters. The third-order valence-corrected chi connectivity index (χ3v) is 12.3. The van der Waals surface area contributed by atoms with E-state index in [2.05, 4.69) is 15.4 Å². The zero-order valence-electron chi connectivity index (χ0n) is 31.7. The molecular formula is C39H50FN5O9S. The summed E-state index contributed by atoms with van der Waals surface area (Å²) in [6.07, 6.45) is 2.07. The Balaban J connectivity index is 1.26. The molecule has 55 heavy (non-hydrogen) atoms. The molecule has 0 unspecified atom stereocenters. The van der Waals surface area contributed by atoms with Crippen LogP contribution in [-0.2, 0) is 47.0 Å². The molecular weight excluding hydrogens is 734 g/mol. The van der Waals surface area contributed by atoms with Gasteiger partial charge in [-0.15, -0.1) is 0 Å². The van der Waals surface area contributed by atoms with Crippen molar-refractivity contribution in [1.82, 2.24) is 25.2 Å². The first-order valence-electron chi connectivity index (χ1n) is 18.9. The maximum Gasteiger partial charge on any atom is 0.410 e. The minimum absolute atomic E-state index is 0.00750. The van der Waals surface area contributed by atoms with E-state index in [9.17, 15) is 36.8 Å². The van der Waals surface area contributed by atoms with Crippen molar-refractivity contribution in [2.24, 2.45) is 5.92 Å². The number of hydrogen-bond acceptors (Lipinski definition) is 9. The Bertz CT molecular complexity index is 1950. The fourth-order valence-electron chi connectivity index (χ4n) is 7.87. The highest BCUT2D eigenvalue weighted by molar-refractivity contribution is 7.90. The van der Waals surface area contributed by atoms with E-state index in [4.69, 9.17) is 9.47 Å². The Morgan fingerprint density at radius 3 is 2.38 bits per heavy atom. The standard InChI is InChI=1S/C39H50FN5O9S/c1-24-13-10-11-18-32(24)55(51,52)43-35(48)39-20-26(39)15-8-6-5-7-9-17-30(41-36(49)54-38(2,3)4)34(47)45-22-27(19-31(45)33(46)42-39)53-37(50)44-21-25-14-12-16-29(40)28(25)23-44/h10-14,16,18,26-27,30-31H,5-9,15,17,19-23H2,1-4H3,(H,41,49)(H,42,46)(H,43,48)/t26-,27+,30-,31-,39+/m0/s1. The van der Waals surface area contributed by atoms with Crippen molar-refractivity contribution in [3.05, 3.63) is 65.0 Å². The number of amides is 5. The number of carbonyl (C=O) groups excluding carboxylic acids is 5. The molecule has 2 saturated heterocycles. The summed E-state index contributed by atoms with van der Waals surface area (Å²) in [5.74, 6) is -2.98. The van der Waals surface area contributed by atoms with Gasteiger partial charge in [-0.3, -0.25) is 19.3 Å². The van der Waals surface area contributed by atoms with Crippen LogP contribution >= 0.6 is 0 Å². The number of nitrogens with zero attached hydrogens (tertiary/aromatic N) is 2. The number of alkyl carbamates (subject to hydrolysis) is 1. The van der Waals surface area contributed by atoms with Crippen LogP contribution < -0.4 is 15.4 Å². The van der Waals surface area contributed by atoms with Crippen molar-refractivity contribution in [1.29, 1.82) is 0 Å². The molecule has 2 aromatic carbocycles. The predicted octanol–water partition coefficient (Wildman–Crippen LogP) is 4.57. The molecule has 1 aliphatic carbocycles. The molecule has 0 bridgehead atoms. The number of carbonyl (C=O) groups is 5. The van der Waals surface area contributed by atoms with Gasteiger partial charge in [-0.2, -0.15) is 0 Å². The van der Waals surface area contributed by atoms with E-state index in [1.165, 1.54) is 21.9 Å². The van der Waals surface area contributed by atoms with Gasteiger partial charge in [0.2, 0.25) is 11.8 Å². The average Bonchev–Trinajstić information content (AvgIpc) is 3.40. The zero-order valence-corrected chi connectivity index (χ0v) is 32.5. The first-order chi connectivity index (χ1) is 26.0. The highest BCUT2D eigenvalue weighted by Crippen LogP contribution is 2.48. The van der Waals surface area contributed by atoms with Gasteiger partial charge in [0.15, 0.2) is 0 Å². The van der Waals surface area contributed by atoms with Crippen molar-refractivity contribution in [3.8, 4) is 0 Å². The van der Waals surface area contributed by atoms with E-state index < -0.39 is 75.1 Å². The Labute approximate surface area is 320 Å². The van der Waals surface area contributed by atoms with Crippen LogP contribution in [0.2, 0.25) is 0 Å². The maximum absolute atomic E-state index is 14.5. The third-order valence-electron chi connectivity index (χ3n) is 10.8. The molecule has 14 nitrogen and oxygen atoms in total. The van der Waals surface area contributed by atoms with Crippen molar-refractivity contribution in [2.75, 3.05) is 6.54 Å². The molecule has 16 heteroatoms. The first-order valence-corrected chi connectivity index (χ1v) is 20.4. The molecule has 5 amide bonds. The molecule has 3 N–H and O–H groups in total. The highest BCUT2D eigenvalue weighted by Gasteiger charge is 2.62. The number of ether oxygens (including phenoxy) is 2. The summed E-state index contributed by atoms with van der Waals surface area (Å²) in [4.78, 5) is 71.6. The van der Waals surface area contributed by atoms with Gasteiger partial charge in [-0.25, -0.2) is 27.1 Å². The lowest BCUT2D eigenvalue weighted by molar-refractivity contribution is -0.141. The molecule has 3 heterocycles. The van der Waals surface area contributed by atoms with Gasteiger partial charge in [0, 0.05) is 18.5 Å². The fraction of sp³-hybridized carbons (Fsp3) is 0.564. The summed E-state index contributed by atoms with van der Waals surface area (Å²) in [7, 11) is -4.30. The van der Waals surface area contributed by atoms with Crippen LogP contribution in [0.15, 0.2) is 47.4 Å². The van der Waals surface area contributed by atoms with E-state index in [-0.39, 0.29) is 49.7 Å². The number of hydrogen-bond donors (Lipinski definition) is 3. The van der Waals surface area contributed by atoms with Gasteiger partial charge in [-0.1, -0.05) is 62.4 Å². The molecule has 3 aliphatic heterocycles. The minimum atomic E-state index is -4.30. The maximum atomic E-state index is 14.5. The summed E-state index contributed by atoms with van der Waals surface area (Å²) in [6, 6.07) is 8.52. The smallest absolute Gasteiger partial charge is 0.410 e. The van der Waals surface area contributed by atoms with Crippen LogP contribution in [0.1, 0.15) is 95.2 Å². The second-order valence-electron chi connectivity index (χ2n) is 16.1. The van der Waals surface area contributed by atoms with Crippen LogP contribution in [0.3, 0.4) is 0 Å². The lowest BCUT2D eigenvalue weighted by atomic mass is 10.0. The van der Waals surface area contributed by atoms with Crippen molar-refractivity contribution in [3.63, 3.8) is 0 Å². The van der Waals surface area contributed by atoms with Crippen LogP contribution in [0.4, 0.5) is 14.0 Å². The van der Waals surface area contributed by atoms with E-state index in [0.717, 1.165) is 25.7 Å². The van der Waals surface area contributed by atoms with E-state index in [1.54, 1.807) is 58.0 Å². The van der Waals surface area contributed by atoms with Crippen LogP contribution in [0, 0.1) is 18.7 Å². The van der Waals surface area contributed by atoms with Crippen LogP contribution in [0.25, 0.3) is 0 Å². The highest BCUT2D eigenvalue weighted by atomic mass is 32.2. The third kappa shape index (κ3) is 9.05. The van der Waals surface area contributed by atoms with E-state index >= 15 is 0 Å². The second-order valence-corrected chi connectivity index (χ2v) is 17.7. The van der Waals surface area contributed by atoms with Gasteiger partial charge in [0.1, 0.15) is 35.1 Å². The second kappa shape index (κ2) is 15.8. The molecule has 4 aliphatic rings. The number of rotatable bonds is 5. The van der Waals surface area contributed by atoms with Gasteiger partial charge < -0.3 is 25.0 Å². The zero-order chi connectivity index (χ0) is 39.7. The Hall–Kier alpha value is -4.73. The normalized spacial score (nSPS) is 26.0. The van der Waals surface area contributed by atoms with Gasteiger partial charge in [-0.05, 0) is 76.1 Å². The SMILES string of the molecule is Cc1ccccc1S(=O)(=O)NC(=O)[C@@]12C[C@@H]1CCCCCCC[C@H](NC(=O)OC(C)(C)C)C(=O)N1C[C@H](OC(=O)N3Cc4cccc(F)c4C3)C[C@H]1C(=O)N2. The lowest BCUT2D eigenvalue weighted by Crippen LogP contribution is -2.58. The van der Waals surface area contributed by atoms with E-state index in [1.807, 2.05) is 0 Å². The number of sulfonamides is 1. The van der Waals surface area contributed by atoms with Crippen LogP contribution in [-0.4, -0.2) is 84.0 Å². The predicted molar refractivity (Wildman–Crippen MR) is 197 cm³/mol. The van der Waals surface area contributed by atoms with Crippen molar-refractivity contribution < 1.29 is 46.3 Å². The van der Waals surface area contributed by atoms with Gasteiger partial charge in [0.05, 0.1) is 18.0 Å². The largest absolute Gasteiger partial charge is 0.444 e. The summed E-state index contributed by atoms with van der Waals surface area (Å²) < 4.78 is 54.8.